The van der Waals surface area contributed by atoms with Crippen LogP contribution < -0.4 is 16.0 Å². The van der Waals surface area contributed by atoms with Crippen LogP contribution in [0.15, 0.2) is 10.8 Å². The van der Waals surface area contributed by atoms with Crippen LogP contribution in [0.4, 0.5) is 11.6 Å². The lowest BCUT2D eigenvalue weighted by Crippen LogP contribution is -2.24. The van der Waals surface area contributed by atoms with Gasteiger partial charge in [-0.2, -0.15) is 0 Å². The largest absolute Gasteiger partial charge is 0.372 e. The first-order chi connectivity index (χ1) is 8.19. The summed E-state index contributed by atoms with van der Waals surface area (Å²) in [5.41, 5.74) is 0. The number of hydrogen-bond donors (Lipinski definition) is 3. The number of hydrogen-bond acceptors (Lipinski definition) is 5. The van der Waals surface area contributed by atoms with E-state index in [9.17, 15) is 4.79 Å². The molecule has 0 bridgehead atoms. The third-order valence-electron chi connectivity index (χ3n) is 2.04. The zero-order valence-electron chi connectivity index (χ0n) is 9.88. The highest BCUT2D eigenvalue weighted by molar-refractivity contribution is 9.10. The fourth-order valence-corrected chi connectivity index (χ4v) is 1.79. The molecule has 1 aromatic rings. The van der Waals surface area contributed by atoms with Crippen molar-refractivity contribution >= 4 is 33.5 Å². The van der Waals surface area contributed by atoms with Crippen LogP contribution in [0.2, 0.25) is 0 Å². The average Bonchev–Trinajstić information content (AvgIpc) is 2.32. The number of rotatable bonds is 6. The van der Waals surface area contributed by atoms with E-state index in [2.05, 4.69) is 41.8 Å². The molecule has 3 N–H and O–H groups in total. The average molecular weight is 302 g/mol. The Morgan fingerprint density at radius 3 is 2.76 bits per heavy atom. The Morgan fingerprint density at radius 2 is 2.12 bits per heavy atom. The number of anilines is 2. The minimum absolute atomic E-state index is 0.0269. The van der Waals surface area contributed by atoms with E-state index < -0.39 is 0 Å². The molecule has 0 radical (unpaired) electrons. The minimum atomic E-state index is 0.0269. The maximum atomic E-state index is 11.2. The second kappa shape index (κ2) is 7.05. The number of nitrogens with zero attached hydrogens (tertiary/aromatic N) is 2. The predicted octanol–water partition coefficient (Wildman–Crippen LogP) is 1.22. The summed E-state index contributed by atoms with van der Waals surface area (Å²) < 4.78 is 0.762. The van der Waals surface area contributed by atoms with Gasteiger partial charge in [-0.25, -0.2) is 9.97 Å². The normalized spacial score (nSPS) is 9.82. The molecular weight excluding hydrogens is 286 g/mol. The van der Waals surface area contributed by atoms with Gasteiger partial charge in [0.25, 0.3) is 0 Å². The molecule has 0 fully saturated rings. The first-order valence-electron chi connectivity index (χ1n) is 5.37. The summed E-state index contributed by atoms with van der Waals surface area (Å²) in [6, 6.07) is 0. The van der Waals surface area contributed by atoms with Gasteiger partial charge in [0, 0.05) is 26.6 Å². The maximum absolute atomic E-state index is 11.2. The number of carbonyl (C=O) groups excluding carboxylic acids is 1. The van der Waals surface area contributed by atoms with Crippen LogP contribution in [0.1, 0.15) is 13.3 Å². The Balaban J connectivity index is 2.49. The first kappa shape index (κ1) is 13.7. The Morgan fingerprint density at radius 1 is 1.41 bits per heavy atom. The summed E-state index contributed by atoms with van der Waals surface area (Å²) in [7, 11) is 1.78. The van der Waals surface area contributed by atoms with Crippen LogP contribution in [0, 0.1) is 0 Å². The number of amides is 1. The first-order valence-corrected chi connectivity index (χ1v) is 6.17. The Hall–Kier alpha value is -1.37. The monoisotopic (exact) mass is 301 g/mol. The highest BCUT2D eigenvalue weighted by Crippen LogP contribution is 2.25. The highest BCUT2D eigenvalue weighted by atomic mass is 79.9. The predicted molar refractivity (Wildman–Crippen MR) is 71.1 cm³/mol. The van der Waals surface area contributed by atoms with Crippen molar-refractivity contribution in [1.29, 1.82) is 0 Å². The Labute approximate surface area is 109 Å². The molecule has 0 aliphatic heterocycles. The van der Waals surface area contributed by atoms with Gasteiger partial charge < -0.3 is 16.0 Å². The quantitative estimate of drug-likeness (QED) is 0.736. The van der Waals surface area contributed by atoms with Gasteiger partial charge in [0.05, 0.1) is 0 Å². The summed E-state index contributed by atoms with van der Waals surface area (Å²) in [6.07, 6.45) is 1.88. The Kier molecular flexibility index (Phi) is 5.68. The van der Waals surface area contributed by atoms with Gasteiger partial charge in [-0.05, 0) is 22.9 Å². The van der Waals surface area contributed by atoms with Gasteiger partial charge in [0.1, 0.15) is 22.4 Å². The Bertz CT molecular complexity index is 385. The zero-order valence-corrected chi connectivity index (χ0v) is 11.5. The molecule has 0 aliphatic rings. The number of halogens is 1. The molecule has 0 unspecified atom stereocenters. The molecule has 1 aromatic heterocycles. The number of carbonyl (C=O) groups is 1. The van der Waals surface area contributed by atoms with Crippen molar-refractivity contribution in [2.45, 2.75) is 13.3 Å². The fraction of sp³-hybridized carbons (Fsp3) is 0.500. The fourth-order valence-electron chi connectivity index (χ4n) is 1.25. The van der Waals surface area contributed by atoms with Crippen molar-refractivity contribution in [3.63, 3.8) is 0 Å². The molecule has 0 aromatic carbocycles. The van der Waals surface area contributed by atoms with Crippen LogP contribution in [-0.4, -0.2) is 36.0 Å². The molecule has 1 amide bonds. The van der Waals surface area contributed by atoms with E-state index in [1.165, 1.54) is 6.33 Å². The molecule has 7 heteroatoms. The molecule has 0 spiro atoms. The van der Waals surface area contributed by atoms with Crippen LogP contribution in [-0.2, 0) is 4.79 Å². The van der Waals surface area contributed by atoms with E-state index in [1.54, 1.807) is 7.05 Å². The summed E-state index contributed by atoms with van der Waals surface area (Å²) in [5, 5.41) is 8.75. The molecule has 17 heavy (non-hydrogen) atoms. The van der Waals surface area contributed by atoms with E-state index in [0.717, 1.165) is 4.47 Å². The van der Waals surface area contributed by atoms with Crippen molar-refractivity contribution in [2.75, 3.05) is 30.8 Å². The summed E-state index contributed by atoms with van der Waals surface area (Å²) in [5.74, 6) is 1.41. The second-order valence-corrected chi connectivity index (χ2v) is 4.06. The maximum Gasteiger partial charge on any atom is 0.221 e. The van der Waals surface area contributed by atoms with Crippen LogP contribution in [0.3, 0.4) is 0 Å². The minimum Gasteiger partial charge on any atom is -0.372 e. The van der Waals surface area contributed by atoms with Crippen molar-refractivity contribution in [1.82, 2.24) is 15.3 Å². The summed E-state index contributed by atoms with van der Waals surface area (Å²) >= 11 is 3.39. The second-order valence-electron chi connectivity index (χ2n) is 3.27. The third-order valence-corrected chi connectivity index (χ3v) is 2.80. The van der Waals surface area contributed by atoms with Gasteiger partial charge in [0.15, 0.2) is 0 Å². The molecule has 6 nitrogen and oxygen atoms in total. The highest BCUT2D eigenvalue weighted by Gasteiger charge is 2.07. The van der Waals surface area contributed by atoms with Crippen molar-refractivity contribution in [2.24, 2.45) is 0 Å². The molecule has 1 heterocycles. The van der Waals surface area contributed by atoms with Gasteiger partial charge in [-0.3, -0.25) is 4.79 Å². The van der Waals surface area contributed by atoms with Gasteiger partial charge in [-0.1, -0.05) is 0 Å². The lowest BCUT2D eigenvalue weighted by Gasteiger charge is -2.09. The molecule has 0 saturated carbocycles. The van der Waals surface area contributed by atoms with Crippen LogP contribution in [0.5, 0.6) is 0 Å². The van der Waals surface area contributed by atoms with E-state index in [-0.39, 0.29) is 5.91 Å². The molecule has 0 atom stereocenters. The van der Waals surface area contributed by atoms with E-state index >= 15 is 0 Å². The van der Waals surface area contributed by atoms with Crippen molar-refractivity contribution < 1.29 is 4.79 Å². The van der Waals surface area contributed by atoms with Crippen molar-refractivity contribution in [3.05, 3.63) is 10.8 Å². The topological polar surface area (TPSA) is 78.9 Å². The molecule has 0 saturated heterocycles. The molecule has 0 aliphatic carbocycles. The third kappa shape index (κ3) is 4.18. The standard InChI is InChI=1S/C10H16BrN5O/c1-3-13-7(17)4-5-14-10-8(11)9(12-2)15-6-16-10/h6H,3-5H2,1-2H3,(H,13,17)(H2,12,14,15,16). The lowest BCUT2D eigenvalue weighted by molar-refractivity contribution is -0.120. The van der Waals surface area contributed by atoms with E-state index in [4.69, 9.17) is 0 Å². The van der Waals surface area contributed by atoms with Gasteiger partial charge in [0.2, 0.25) is 5.91 Å². The SMILES string of the molecule is CCNC(=O)CCNc1ncnc(NC)c1Br. The van der Waals surface area contributed by atoms with E-state index in [1.807, 2.05) is 6.92 Å². The van der Waals surface area contributed by atoms with Crippen molar-refractivity contribution in [3.8, 4) is 0 Å². The number of nitrogens with one attached hydrogen (secondary N) is 3. The van der Waals surface area contributed by atoms with Gasteiger partial charge in [-0.15, -0.1) is 0 Å². The summed E-state index contributed by atoms with van der Waals surface area (Å²) in [4.78, 5) is 19.4. The zero-order chi connectivity index (χ0) is 12.7. The van der Waals surface area contributed by atoms with Crippen LogP contribution >= 0.6 is 15.9 Å². The smallest absolute Gasteiger partial charge is 0.221 e. The molecule has 1 rings (SSSR count). The molecular formula is C10H16BrN5O. The van der Waals surface area contributed by atoms with E-state index in [0.29, 0.717) is 31.1 Å². The molecule has 94 valence electrons. The van der Waals surface area contributed by atoms with Crippen LogP contribution in [0.25, 0.3) is 0 Å². The number of aromatic nitrogens is 2. The lowest BCUT2D eigenvalue weighted by atomic mass is 10.4. The van der Waals surface area contributed by atoms with Gasteiger partial charge >= 0.3 is 0 Å². The summed E-state index contributed by atoms with van der Waals surface area (Å²) in [6.45, 7) is 3.08.